The fourth-order valence-electron chi connectivity index (χ4n) is 2.94. The number of anilines is 1. The predicted octanol–water partition coefficient (Wildman–Crippen LogP) is 3.77. The maximum Gasteiger partial charge on any atom is 0.417 e. The Kier molecular flexibility index (Phi) is 4.45. The number of alkyl halides is 3. The molecular weight excluding hydrogens is 385 g/mol. The number of carbonyl (C=O) groups excluding carboxylic acids is 1. The predicted molar refractivity (Wildman–Crippen MR) is 98.1 cm³/mol. The molecule has 0 aliphatic rings. The van der Waals surface area contributed by atoms with E-state index in [2.05, 4.69) is 25.4 Å². The van der Waals surface area contributed by atoms with Crippen LogP contribution in [0.3, 0.4) is 0 Å². The highest BCUT2D eigenvalue weighted by atomic mass is 19.4. The minimum absolute atomic E-state index is 0.0684. The van der Waals surface area contributed by atoms with Crippen molar-refractivity contribution < 1.29 is 18.0 Å². The van der Waals surface area contributed by atoms with E-state index < -0.39 is 17.6 Å². The second-order valence-corrected chi connectivity index (χ2v) is 6.13. The highest BCUT2D eigenvalue weighted by molar-refractivity contribution is 6.03. The van der Waals surface area contributed by atoms with Crippen molar-refractivity contribution in [3.05, 3.63) is 71.9 Å². The van der Waals surface area contributed by atoms with Gasteiger partial charge < -0.3 is 5.32 Å². The van der Waals surface area contributed by atoms with E-state index in [1.54, 1.807) is 6.92 Å². The van der Waals surface area contributed by atoms with Gasteiger partial charge in [-0.1, -0.05) is 18.2 Å². The molecule has 29 heavy (non-hydrogen) atoms. The van der Waals surface area contributed by atoms with Crippen molar-refractivity contribution in [2.24, 2.45) is 0 Å². The summed E-state index contributed by atoms with van der Waals surface area (Å²) < 4.78 is 41.4. The molecule has 0 fully saturated rings. The van der Waals surface area contributed by atoms with Gasteiger partial charge in [0.15, 0.2) is 11.3 Å². The van der Waals surface area contributed by atoms with Gasteiger partial charge in [0, 0.05) is 11.8 Å². The third-order valence-corrected chi connectivity index (χ3v) is 4.20. The average Bonchev–Trinajstić information content (AvgIpc) is 3.03. The number of nitrogens with zero attached hydrogens (tertiary/aromatic N) is 5. The van der Waals surface area contributed by atoms with Crippen LogP contribution in [0.2, 0.25) is 0 Å². The van der Waals surface area contributed by atoms with E-state index in [1.165, 1.54) is 53.4 Å². The van der Waals surface area contributed by atoms with Crippen LogP contribution in [-0.4, -0.2) is 30.5 Å². The molecule has 0 unspecified atom stereocenters. The Hall–Kier alpha value is -3.82. The molecular formula is C19H13F3N6O. The third-order valence-electron chi connectivity index (χ3n) is 4.20. The second kappa shape index (κ2) is 6.97. The molecule has 0 radical (unpaired) electrons. The Balaban J connectivity index is 1.81. The number of aryl methyl sites for hydroxylation is 1. The van der Waals surface area contributed by atoms with Gasteiger partial charge in [-0.3, -0.25) is 4.79 Å². The number of imidazole rings is 1. The first kappa shape index (κ1) is 18.5. The standard InChI is InChI=1S/C19H13F3N6O/c1-11-17(18(29)26-15-8-9-23-10-24-15)28-16(25-11)7-6-14(27-28)12-4-2-3-5-13(12)19(20,21)22/h2-10H,1H3,(H,23,24,26,29). The largest absolute Gasteiger partial charge is 0.417 e. The fourth-order valence-corrected chi connectivity index (χ4v) is 2.94. The second-order valence-electron chi connectivity index (χ2n) is 6.13. The summed E-state index contributed by atoms with van der Waals surface area (Å²) in [4.78, 5) is 24.7. The lowest BCUT2D eigenvalue weighted by Gasteiger charge is -2.12. The van der Waals surface area contributed by atoms with E-state index in [1.807, 2.05) is 0 Å². The zero-order chi connectivity index (χ0) is 20.6. The normalized spacial score (nSPS) is 11.6. The zero-order valence-electron chi connectivity index (χ0n) is 15.0. The molecule has 0 aliphatic carbocycles. The van der Waals surface area contributed by atoms with Crippen molar-refractivity contribution in [1.29, 1.82) is 0 Å². The van der Waals surface area contributed by atoms with Crippen molar-refractivity contribution in [2.45, 2.75) is 13.1 Å². The highest BCUT2D eigenvalue weighted by Gasteiger charge is 2.33. The highest BCUT2D eigenvalue weighted by Crippen LogP contribution is 2.36. The lowest BCUT2D eigenvalue weighted by Crippen LogP contribution is -2.17. The van der Waals surface area contributed by atoms with Gasteiger partial charge >= 0.3 is 6.18 Å². The maximum atomic E-state index is 13.4. The first-order chi connectivity index (χ1) is 13.8. The van der Waals surface area contributed by atoms with Crippen LogP contribution in [0.5, 0.6) is 0 Å². The summed E-state index contributed by atoms with van der Waals surface area (Å²) in [5.74, 6) is -0.264. The zero-order valence-corrected chi connectivity index (χ0v) is 15.0. The molecule has 1 N–H and O–H groups in total. The number of nitrogens with one attached hydrogen (secondary N) is 1. The number of fused-ring (bicyclic) bond motifs is 1. The number of benzene rings is 1. The first-order valence-corrected chi connectivity index (χ1v) is 8.45. The van der Waals surface area contributed by atoms with Crippen molar-refractivity contribution in [3.63, 3.8) is 0 Å². The van der Waals surface area contributed by atoms with Crippen LogP contribution >= 0.6 is 0 Å². The maximum absolute atomic E-state index is 13.4. The minimum Gasteiger partial charge on any atom is -0.305 e. The van der Waals surface area contributed by atoms with Crippen LogP contribution in [0, 0.1) is 6.92 Å². The lowest BCUT2D eigenvalue weighted by molar-refractivity contribution is -0.137. The number of hydrogen-bond donors (Lipinski definition) is 1. The Morgan fingerprint density at radius 1 is 1.10 bits per heavy atom. The quantitative estimate of drug-likeness (QED) is 0.568. The molecule has 3 aromatic heterocycles. The van der Waals surface area contributed by atoms with Gasteiger partial charge in [-0.2, -0.15) is 18.3 Å². The van der Waals surface area contributed by atoms with E-state index >= 15 is 0 Å². The molecule has 3 heterocycles. The van der Waals surface area contributed by atoms with Crippen LogP contribution in [0.1, 0.15) is 21.7 Å². The monoisotopic (exact) mass is 398 g/mol. The molecule has 0 saturated carbocycles. The first-order valence-electron chi connectivity index (χ1n) is 8.45. The van der Waals surface area contributed by atoms with E-state index in [0.29, 0.717) is 11.3 Å². The van der Waals surface area contributed by atoms with Crippen LogP contribution < -0.4 is 5.32 Å². The summed E-state index contributed by atoms with van der Waals surface area (Å²) in [6.45, 7) is 1.62. The Bertz CT molecular complexity index is 1200. The van der Waals surface area contributed by atoms with E-state index in [9.17, 15) is 18.0 Å². The molecule has 1 aromatic carbocycles. The molecule has 0 aliphatic heterocycles. The number of halogens is 3. The Morgan fingerprint density at radius 2 is 1.90 bits per heavy atom. The van der Waals surface area contributed by atoms with E-state index in [-0.39, 0.29) is 22.8 Å². The lowest BCUT2D eigenvalue weighted by atomic mass is 10.0. The third kappa shape index (κ3) is 3.51. The molecule has 0 atom stereocenters. The van der Waals surface area contributed by atoms with Crippen LogP contribution in [0.25, 0.3) is 16.9 Å². The van der Waals surface area contributed by atoms with Gasteiger partial charge in [-0.25, -0.2) is 19.5 Å². The van der Waals surface area contributed by atoms with Crippen LogP contribution in [-0.2, 0) is 6.18 Å². The summed E-state index contributed by atoms with van der Waals surface area (Å²) in [7, 11) is 0. The van der Waals surface area contributed by atoms with Gasteiger partial charge in [0.1, 0.15) is 12.1 Å². The van der Waals surface area contributed by atoms with E-state index in [4.69, 9.17) is 0 Å². The molecule has 0 saturated heterocycles. The number of aromatic nitrogens is 5. The van der Waals surface area contributed by atoms with Crippen LogP contribution in [0.4, 0.5) is 19.0 Å². The summed E-state index contributed by atoms with van der Waals surface area (Å²) in [6.07, 6.45) is -1.79. The van der Waals surface area contributed by atoms with Gasteiger partial charge in [0.25, 0.3) is 5.91 Å². The van der Waals surface area contributed by atoms with Gasteiger partial charge in [-0.05, 0) is 31.2 Å². The van der Waals surface area contributed by atoms with Crippen LogP contribution in [0.15, 0.2) is 55.0 Å². The molecule has 10 heteroatoms. The van der Waals surface area contributed by atoms with E-state index in [0.717, 1.165) is 6.07 Å². The van der Waals surface area contributed by atoms with Gasteiger partial charge in [-0.15, -0.1) is 0 Å². The molecule has 4 aromatic rings. The summed E-state index contributed by atoms with van der Waals surface area (Å²) >= 11 is 0. The molecule has 0 spiro atoms. The molecule has 0 bridgehead atoms. The molecule has 146 valence electrons. The SMILES string of the molecule is Cc1nc2ccc(-c3ccccc3C(F)(F)F)nn2c1C(=O)Nc1ccncn1. The summed E-state index contributed by atoms with van der Waals surface area (Å²) in [5.41, 5.74) is -0.0103. The number of carbonyl (C=O) groups is 1. The topological polar surface area (TPSA) is 85.1 Å². The fraction of sp³-hybridized carbons (Fsp3) is 0.105. The van der Waals surface area contributed by atoms with Crippen molar-refractivity contribution in [1.82, 2.24) is 24.6 Å². The van der Waals surface area contributed by atoms with Crippen molar-refractivity contribution >= 4 is 17.4 Å². The summed E-state index contributed by atoms with van der Waals surface area (Å²) in [5, 5.41) is 6.86. The van der Waals surface area contributed by atoms with Gasteiger partial charge in [0.2, 0.25) is 0 Å². The number of hydrogen-bond acceptors (Lipinski definition) is 5. The average molecular weight is 398 g/mol. The molecule has 4 rings (SSSR count). The molecule has 1 amide bonds. The summed E-state index contributed by atoms with van der Waals surface area (Å²) in [6, 6.07) is 9.60. The number of rotatable bonds is 3. The van der Waals surface area contributed by atoms with Gasteiger partial charge in [0.05, 0.1) is 17.0 Å². The molecule has 7 nitrogen and oxygen atoms in total. The minimum atomic E-state index is -4.54. The smallest absolute Gasteiger partial charge is 0.305 e. The Labute approximate surface area is 162 Å². The van der Waals surface area contributed by atoms with Crippen molar-refractivity contribution in [2.75, 3.05) is 5.32 Å². The Morgan fingerprint density at radius 3 is 2.62 bits per heavy atom. The number of amides is 1. The van der Waals surface area contributed by atoms with Crippen molar-refractivity contribution in [3.8, 4) is 11.3 Å².